The predicted molar refractivity (Wildman–Crippen MR) is 79.5 cm³/mol. The van der Waals surface area contributed by atoms with Crippen molar-refractivity contribution in [3.8, 4) is 5.75 Å². The van der Waals surface area contributed by atoms with E-state index < -0.39 is 11.7 Å². The van der Waals surface area contributed by atoms with Crippen LogP contribution in [0.4, 0.5) is 10.1 Å². The van der Waals surface area contributed by atoms with Crippen molar-refractivity contribution in [2.24, 2.45) is 0 Å². The van der Waals surface area contributed by atoms with E-state index in [0.717, 1.165) is 18.4 Å². The topological polar surface area (TPSA) is 40.5 Å². The largest absolute Gasteiger partial charge is 0.506 e. The zero-order valence-electron chi connectivity index (χ0n) is 11.1. The minimum absolute atomic E-state index is 0.0213. The number of phenols is 1. The lowest BCUT2D eigenvalue weighted by Gasteiger charge is -2.30. The lowest BCUT2D eigenvalue weighted by molar-refractivity contribution is 0.0980. The van der Waals surface area contributed by atoms with Gasteiger partial charge < -0.3 is 10.0 Å². The Bertz CT molecular complexity index is 697. The number of hydrogen-bond acceptors (Lipinski definition) is 2. The second-order valence-corrected chi connectivity index (χ2v) is 5.35. The lowest BCUT2D eigenvalue weighted by atomic mass is 10.00. The van der Waals surface area contributed by atoms with Crippen molar-refractivity contribution < 1.29 is 14.3 Å². The summed E-state index contributed by atoms with van der Waals surface area (Å²) >= 11 is 5.96. The van der Waals surface area contributed by atoms with E-state index in [1.807, 2.05) is 6.07 Å². The summed E-state index contributed by atoms with van der Waals surface area (Å²) in [5, 5.41) is 10.1. The molecule has 0 radical (unpaired) electrons. The van der Waals surface area contributed by atoms with Gasteiger partial charge in [0.2, 0.25) is 0 Å². The number of para-hydroxylation sites is 1. The molecule has 2 aromatic carbocycles. The molecule has 0 saturated heterocycles. The van der Waals surface area contributed by atoms with Gasteiger partial charge in [-0.05, 0) is 36.6 Å². The first-order valence-electron chi connectivity index (χ1n) is 6.66. The van der Waals surface area contributed by atoms with E-state index >= 15 is 0 Å². The monoisotopic (exact) mass is 305 g/mol. The highest BCUT2D eigenvalue weighted by molar-refractivity contribution is 6.34. The third kappa shape index (κ3) is 2.36. The molecule has 3 nitrogen and oxygen atoms in total. The van der Waals surface area contributed by atoms with E-state index in [4.69, 9.17) is 11.6 Å². The Morgan fingerprint density at radius 1 is 1.24 bits per heavy atom. The number of amides is 1. The van der Waals surface area contributed by atoms with Gasteiger partial charge in [-0.2, -0.15) is 0 Å². The maximum absolute atomic E-state index is 13.9. The predicted octanol–water partition coefficient (Wildman–Crippen LogP) is 3.78. The maximum atomic E-state index is 13.9. The number of anilines is 1. The molecule has 1 N–H and O–H groups in total. The van der Waals surface area contributed by atoms with Gasteiger partial charge in [-0.1, -0.05) is 29.8 Å². The number of fused-ring (bicyclic) bond motifs is 1. The van der Waals surface area contributed by atoms with Gasteiger partial charge >= 0.3 is 0 Å². The Morgan fingerprint density at radius 2 is 2.00 bits per heavy atom. The number of benzene rings is 2. The van der Waals surface area contributed by atoms with E-state index in [9.17, 15) is 14.3 Å². The molecule has 0 saturated carbocycles. The molecule has 0 aromatic heterocycles. The fraction of sp³-hybridized carbons (Fsp3) is 0.188. The second kappa shape index (κ2) is 5.37. The molecule has 108 valence electrons. The third-order valence-electron chi connectivity index (χ3n) is 3.62. The molecular formula is C16H13ClFNO2. The molecule has 1 aliphatic heterocycles. The summed E-state index contributed by atoms with van der Waals surface area (Å²) in [5.41, 5.74) is 1.17. The number of aromatic hydroxyl groups is 1. The van der Waals surface area contributed by atoms with Gasteiger partial charge in [0, 0.05) is 6.54 Å². The zero-order chi connectivity index (χ0) is 15.0. The van der Waals surface area contributed by atoms with Crippen LogP contribution in [-0.2, 0) is 6.42 Å². The molecule has 5 heteroatoms. The highest BCUT2D eigenvalue weighted by Gasteiger charge is 2.29. The average Bonchev–Trinajstić information content (AvgIpc) is 2.46. The lowest BCUT2D eigenvalue weighted by Crippen LogP contribution is -2.36. The Balaban J connectivity index is 2.09. The number of carbonyl (C=O) groups is 1. The Hall–Kier alpha value is -2.07. The second-order valence-electron chi connectivity index (χ2n) is 4.94. The van der Waals surface area contributed by atoms with E-state index in [2.05, 4.69) is 0 Å². The van der Waals surface area contributed by atoms with Gasteiger partial charge in [-0.15, -0.1) is 0 Å². The summed E-state index contributed by atoms with van der Waals surface area (Å²) in [5.74, 6) is -1.16. The van der Waals surface area contributed by atoms with Crippen molar-refractivity contribution in [1.29, 1.82) is 0 Å². The van der Waals surface area contributed by atoms with E-state index in [1.165, 1.54) is 29.2 Å². The summed E-state index contributed by atoms with van der Waals surface area (Å²) in [4.78, 5) is 14.0. The van der Waals surface area contributed by atoms with Crippen LogP contribution in [0, 0.1) is 5.82 Å². The van der Waals surface area contributed by atoms with Gasteiger partial charge in [0.1, 0.15) is 11.6 Å². The minimum Gasteiger partial charge on any atom is -0.506 e. The normalized spacial score (nSPS) is 13.9. The Morgan fingerprint density at radius 3 is 2.76 bits per heavy atom. The summed E-state index contributed by atoms with van der Waals surface area (Å²) in [7, 11) is 0. The molecule has 0 unspecified atom stereocenters. The van der Waals surface area contributed by atoms with Crippen LogP contribution in [-0.4, -0.2) is 17.6 Å². The number of nitrogens with zero attached hydrogens (tertiary/aromatic N) is 1. The van der Waals surface area contributed by atoms with Gasteiger partial charge in [0.05, 0.1) is 16.3 Å². The summed E-state index contributed by atoms with van der Waals surface area (Å²) in [6.45, 7) is 0.425. The number of carbonyl (C=O) groups excluding carboxylic acids is 1. The van der Waals surface area contributed by atoms with Crippen LogP contribution in [0.3, 0.4) is 0 Å². The quantitative estimate of drug-likeness (QED) is 0.871. The molecule has 0 fully saturated rings. The van der Waals surface area contributed by atoms with Crippen molar-refractivity contribution in [1.82, 2.24) is 0 Å². The SMILES string of the molecule is O=C(c1c(F)cccc1Cl)N1CCCc2cccc(O)c21. The van der Waals surface area contributed by atoms with Crippen LogP contribution < -0.4 is 4.90 Å². The van der Waals surface area contributed by atoms with Crippen LogP contribution in [0.15, 0.2) is 36.4 Å². The van der Waals surface area contributed by atoms with Crippen molar-refractivity contribution in [3.05, 3.63) is 58.4 Å². The van der Waals surface area contributed by atoms with Crippen LogP contribution in [0.2, 0.25) is 5.02 Å². The number of halogens is 2. The van der Waals surface area contributed by atoms with Gasteiger partial charge in [-0.3, -0.25) is 4.79 Å². The zero-order valence-corrected chi connectivity index (χ0v) is 11.9. The van der Waals surface area contributed by atoms with Crippen molar-refractivity contribution in [3.63, 3.8) is 0 Å². The molecule has 2 aromatic rings. The maximum Gasteiger partial charge on any atom is 0.262 e. The molecule has 0 aliphatic carbocycles. The molecule has 1 heterocycles. The van der Waals surface area contributed by atoms with Crippen molar-refractivity contribution in [2.45, 2.75) is 12.8 Å². The van der Waals surface area contributed by atoms with E-state index in [-0.39, 0.29) is 16.3 Å². The van der Waals surface area contributed by atoms with E-state index in [1.54, 1.807) is 6.07 Å². The number of aryl methyl sites for hydroxylation is 1. The third-order valence-corrected chi connectivity index (χ3v) is 3.93. The molecule has 21 heavy (non-hydrogen) atoms. The number of rotatable bonds is 1. The first kappa shape index (κ1) is 13.9. The molecule has 0 atom stereocenters. The highest BCUT2D eigenvalue weighted by Crippen LogP contribution is 2.37. The van der Waals surface area contributed by atoms with Crippen LogP contribution in [0.25, 0.3) is 0 Å². The van der Waals surface area contributed by atoms with Crippen LogP contribution >= 0.6 is 11.6 Å². The molecule has 0 bridgehead atoms. The Labute approximate surface area is 126 Å². The molecule has 1 amide bonds. The minimum atomic E-state index is -0.657. The highest BCUT2D eigenvalue weighted by atomic mass is 35.5. The van der Waals surface area contributed by atoms with Gasteiger partial charge in [-0.25, -0.2) is 4.39 Å². The number of hydrogen-bond donors (Lipinski definition) is 1. The fourth-order valence-corrected chi connectivity index (χ4v) is 2.91. The smallest absolute Gasteiger partial charge is 0.262 e. The van der Waals surface area contributed by atoms with Crippen molar-refractivity contribution >= 4 is 23.2 Å². The van der Waals surface area contributed by atoms with E-state index in [0.29, 0.717) is 12.2 Å². The van der Waals surface area contributed by atoms with Crippen LogP contribution in [0.5, 0.6) is 5.75 Å². The fourth-order valence-electron chi connectivity index (χ4n) is 2.67. The Kier molecular flexibility index (Phi) is 3.55. The van der Waals surface area contributed by atoms with Gasteiger partial charge in [0.15, 0.2) is 0 Å². The average molecular weight is 306 g/mol. The molecule has 0 spiro atoms. The molecule has 1 aliphatic rings. The standard InChI is InChI=1S/C16H13ClFNO2/c17-11-6-2-7-12(18)14(11)16(21)19-9-3-5-10-4-1-8-13(20)15(10)19/h1-2,4,6-8,20H,3,5,9H2. The van der Waals surface area contributed by atoms with Crippen molar-refractivity contribution in [2.75, 3.05) is 11.4 Å². The first-order valence-corrected chi connectivity index (χ1v) is 7.04. The number of phenolic OH excluding ortho intramolecular Hbond substituents is 1. The summed E-state index contributed by atoms with van der Waals surface area (Å²) in [6.07, 6.45) is 1.53. The summed E-state index contributed by atoms with van der Waals surface area (Å²) < 4.78 is 13.9. The van der Waals surface area contributed by atoms with Crippen LogP contribution in [0.1, 0.15) is 22.3 Å². The molecule has 3 rings (SSSR count). The molecular weight excluding hydrogens is 293 g/mol. The summed E-state index contributed by atoms with van der Waals surface area (Å²) in [6, 6.07) is 9.25. The van der Waals surface area contributed by atoms with Gasteiger partial charge in [0.25, 0.3) is 5.91 Å². The first-order chi connectivity index (χ1) is 10.1.